The number of nitro groups is 1. The zero-order valence-corrected chi connectivity index (χ0v) is 15.5. The van der Waals surface area contributed by atoms with Crippen LogP contribution in [0.4, 0.5) is 10.7 Å². The van der Waals surface area contributed by atoms with Crippen LogP contribution in [0.1, 0.15) is 24.1 Å². The van der Waals surface area contributed by atoms with Crippen LogP contribution in [-0.2, 0) is 9.59 Å². The van der Waals surface area contributed by atoms with Gasteiger partial charge in [0.15, 0.2) is 5.17 Å². The summed E-state index contributed by atoms with van der Waals surface area (Å²) in [6.07, 6.45) is 0. The van der Waals surface area contributed by atoms with Crippen LogP contribution in [0.25, 0.3) is 0 Å². The Balaban J connectivity index is 1.96. The first-order chi connectivity index (χ1) is 12.4. The molecule has 0 bridgehead atoms. The zero-order chi connectivity index (χ0) is 18.8. The van der Waals surface area contributed by atoms with Crippen LogP contribution in [0.5, 0.6) is 0 Å². The number of thioether (sulfide) groups is 1. The Kier molecular flexibility index (Phi) is 5.05. The van der Waals surface area contributed by atoms with Gasteiger partial charge in [-0.1, -0.05) is 41.3 Å². The van der Waals surface area contributed by atoms with Crippen molar-refractivity contribution in [3.05, 3.63) is 57.5 Å². The Hall–Kier alpha value is -2.72. The summed E-state index contributed by atoms with van der Waals surface area (Å²) in [5.74, 6) is -0.561. The highest BCUT2D eigenvalue weighted by molar-refractivity contribution is 8.14. The molecular weight excluding hydrogens is 376 g/mol. The number of benzene rings is 1. The van der Waals surface area contributed by atoms with Gasteiger partial charge in [-0.3, -0.25) is 24.6 Å². The van der Waals surface area contributed by atoms with E-state index < -0.39 is 10.3 Å². The zero-order valence-electron chi connectivity index (χ0n) is 13.9. The Morgan fingerprint density at radius 1 is 1.19 bits per heavy atom. The molecule has 8 nitrogen and oxygen atoms in total. The van der Waals surface area contributed by atoms with E-state index in [-0.39, 0.29) is 16.8 Å². The van der Waals surface area contributed by atoms with Crippen molar-refractivity contribution >= 4 is 50.8 Å². The summed E-state index contributed by atoms with van der Waals surface area (Å²) >= 11 is 2.19. The average Bonchev–Trinajstić information content (AvgIpc) is 3.22. The van der Waals surface area contributed by atoms with Crippen LogP contribution < -0.4 is 4.90 Å². The molecular formula is C16H14N4O4S2. The topological polar surface area (TPSA) is 96.1 Å². The molecule has 1 aliphatic rings. The van der Waals surface area contributed by atoms with Gasteiger partial charge in [-0.25, -0.2) is 5.01 Å². The van der Waals surface area contributed by atoms with Crippen molar-refractivity contribution in [2.45, 2.75) is 19.2 Å². The maximum Gasteiger partial charge on any atom is 0.324 e. The summed E-state index contributed by atoms with van der Waals surface area (Å²) in [7, 11) is 0. The number of rotatable bonds is 3. The Morgan fingerprint density at radius 3 is 2.42 bits per heavy atom. The number of amidine groups is 1. The highest BCUT2D eigenvalue weighted by Gasteiger charge is 2.37. The molecule has 2 heterocycles. The molecule has 0 saturated carbocycles. The van der Waals surface area contributed by atoms with E-state index in [0.717, 1.165) is 11.3 Å². The molecule has 0 aliphatic carbocycles. The van der Waals surface area contributed by atoms with E-state index in [1.54, 1.807) is 30.3 Å². The SMILES string of the molecule is CC(=O)N(C1=NN(C(C)=O)C(c2ccc([N+](=O)[O-])s2)S1)c1ccccc1. The van der Waals surface area contributed by atoms with Crippen LogP contribution in [0.2, 0.25) is 0 Å². The Morgan fingerprint density at radius 2 is 1.88 bits per heavy atom. The van der Waals surface area contributed by atoms with Crippen LogP contribution >= 0.6 is 23.1 Å². The summed E-state index contributed by atoms with van der Waals surface area (Å²) < 4.78 is 0. The van der Waals surface area contributed by atoms with Crippen molar-refractivity contribution in [3.63, 3.8) is 0 Å². The second kappa shape index (κ2) is 7.26. The van der Waals surface area contributed by atoms with Gasteiger partial charge < -0.3 is 0 Å². The van der Waals surface area contributed by atoms with E-state index >= 15 is 0 Å². The van der Waals surface area contributed by atoms with Gasteiger partial charge in [-0.05, 0) is 18.2 Å². The van der Waals surface area contributed by atoms with E-state index in [1.807, 2.05) is 6.07 Å². The molecule has 10 heteroatoms. The third kappa shape index (κ3) is 3.46. The molecule has 0 fully saturated rings. The highest BCUT2D eigenvalue weighted by atomic mass is 32.2. The minimum absolute atomic E-state index is 0.0102. The fourth-order valence-electron chi connectivity index (χ4n) is 2.41. The Bertz CT molecular complexity index is 897. The second-order valence-corrected chi connectivity index (χ2v) is 7.48. The van der Waals surface area contributed by atoms with Gasteiger partial charge in [0.25, 0.3) is 0 Å². The first-order valence-electron chi connectivity index (χ1n) is 7.53. The van der Waals surface area contributed by atoms with E-state index in [0.29, 0.717) is 15.7 Å². The lowest BCUT2D eigenvalue weighted by Gasteiger charge is -2.19. The molecule has 134 valence electrons. The molecule has 2 amide bonds. The molecule has 0 saturated heterocycles. The minimum Gasteiger partial charge on any atom is -0.274 e. The van der Waals surface area contributed by atoms with E-state index in [2.05, 4.69) is 5.10 Å². The quantitative estimate of drug-likeness (QED) is 0.590. The molecule has 1 aliphatic heterocycles. The van der Waals surface area contributed by atoms with E-state index in [9.17, 15) is 19.7 Å². The number of nitrogens with zero attached hydrogens (tertiary/aromatic N) is 4. The molecule has 0 N–H and O–H groups in total. The molecule has 1 unspecified atom stereocenters. The van der Waals surface area contributed by atoms with Gasteiger partial charge >= 0.3 is 5.00 Å². The maximum absolute atomic E-state index is 12.2. The summed E-state index contributed by atoms with van der Waals surface area (Å²) in [5, 5.41) is 16.3. The van der Waals surface area contributed by atoms with Crippen molar-refractivity contribution in [2.75, 3.05) is 4.90 Å². The van der Waals surface area contributed by atoms with Crippen molar-refractivity contribution in [1.82, 2.24) is 5.01 Å². The third-order valence-corrected chi connectivity index (χ3v) is 5.90. The van der Waals surface area contributed by atoms with Crippen LogP contribution in [-0.4, -0.2) is 26.9 Å². The summed E-state index contributed by atoms with van der Waals surface area (Å²) in [5.41, 5.74) is 0.632. The number of hydrazone groups is 1. The van der Waals surface area contributed by atoms with Crippen molar-refractivity contribution in [2.24, 2.45) is 5.10 Å². The fourth-order valence-corrected chi connectivity index (χ4v) is 4.65. The largest absolute Gasteiger partial charge is 0.324 e. The van der Waals surface area contributed by atoms with Crippen LogP contribution in [0.15, 0.2) is 47.6 Å². The highest BCUT2D eigenvalue weighted by Crippen LogP contribution is 2.44. The lowest BCUT2D eigenvalue weighted by Crippen LogP contribution is -2.32. The first kappa shape index (κ1) is 18.1. The first-order valence-corrected chi connectivity index (χ1v) is 9.23. The number of thiophene rings is 1. The Labute approximate surface area is 157 Å². The molecule has 0 spiro atoms. The van der Waals surface area contributed by atoms with E-state index in [1.165, 1.54) is 41.6 Å². The number of amides is 2. The normalized spacial score (nSPS) is 16.3. The van der Waals surface area contributed by atoms with Crippen molar-refractivity contribution in [1.29, 1.82) is 0 Å². The number of anilines is 1. The predicted molar refractivity (Wildman–Crippen MR) is 101 cm³/mol. The second-order valence-electron chi connectivity index (χ2n) is 5.34. The minimum atomic E-state index is -0.549. The van der Waals surface area contributed by atoms with Gasteiger partial charge in [-0.2, -0.15) is 0 Å². The smallest absolute Gasteiger partial charge is 0.274 e. The number of hydrogen-bond acceptors (Lipinski definition) is 7. The molecule has 2 aromatic rings. The lowest BCUT2D eigenvalue weighted by molar-refractivity contribution is -0.380. The van der Waals surface area contributed by atoms with Crippen LogP contribution in [0.3, 0.4) is 0 Å². The standard InChI is InChI=1S/C16H14N4O4S2/c1-10(21)18(12-6-4-3-5-7-12)16-17-19(11(2)22)15(26-16)13-8-9-14(25-13)20(23)24/h3-9,15H,1-2H3. The number of para-hydroxylation sites is 1. The van der Waals surface area contributed by atoms with Gasteiger partial charge in [0, 0.05) is 24.8 Å². The predicted octanol–water partition coefficient (Wildman–Crippen LogP) is 3.57. The van der Waals surface area contributed by atoms with Gasteiger partial charge in [0.05, 0.1) is 10.6 Å². The lowest BCUT2D eigenvalue weighted by atomic mass is 10.3. The summed E-state index contributed by atoms with van der Waals surface area (Å²) in [6, 6.07) is 12.0. The fraction of sp³-hybridized carbons (Fsp3) is 0.188. The third-order valence-electron chi connectivity index (χ3n) is 3.51. The molecule has 1 aromatic heterocycles. The number of hydrogen-bond donors (Lipinski definition) is 0. The van der Waals surface area contributed by atoms with Gasteiger partial charge in [0.1, 0.15) is 5.37 Å². The molecule has 26 heavy (non-hydrogen) atoms. The monoisotopic (exact) mass is 390 g/mol. The molecule has 0 radical (unpaired) electrons. The molecule has 1 atom stereocenters. The van der Waals surface area contributed by atoms with Crippen LogP contribution in [0, 0.1) is 10.1 Å². The average molecular weight is 390 g/mol. The number of carbonyl (C=O) groups excluding carboxylic acids is 2. The van der Waals surface area contributed by atoms with Gasteiger partial charge in [0.2, 0.25) is 11.8 Å². The van der Waals surface area contributed by atoms with Crippen molar-refractivity contribution < 1.29 is 14.5 Å². The number of carbonyl (C=O) groups is 2. The van der Waals surface area contributed by atoms with E-state index in [4.69, 9.17) is 0 Å². The molecule has 3 rings (SSSR count). The summed E-state index contributed by atoms with van der Waals surface area (Å²) in [4.78, 5) is 36.7. The molecule has 1 aromatic carbocycles. The summed E-state index contributed by atoms with van der Waals surface area (Å²) in [6.45, 7) is 2.78. The maximum atomic E-state index is 12.2. The van der Waals surface area contributed by atoms with Gasteiger partial charge in [-0.15, -0.1) is 5.10 Å². The van der Waals surface area contributed by atoms with Crippen molar-refractivity contribution in [3.8, 4) is 0 Å².